The molecule has 5 aromatic carbocycles. The maximum Gasteiger partial charge on any atom is 0.343 e. The maximum atomic E-state index is 13.0. The molecule has 0 N–H and O–H groups in total. The highest BCUT2D eigenvalue weighted by molar-refractivity contribution is 5.93. The van der Waals surface area contributed by atoms with E-state index in [1.807, 2.05) is 48.5 Å². The van der Waals surface area contributed by atoms with Crippen molar-refractivity contribution in [2.24, 2.45) is 11.3 Å². The van der Waals surface area contributed by atoms with Crippen molar-refractivity contribution in [1.82, 2.24) is 0 Å². The molecule has 0 radical (unpaired) electrons. The second kappa shape index (κ2) is 26.4. The van der Waals surface area contributed by atoms with E-state index in [0.29, 0.717) is 72.1 Å². The van der Waals surface area contributed by atoms with E-state index in [1.165, 1.54) is 18.9 Å². The van der Waals surface area contributed by atoms with Gasteiger partial charge in [0.2, 0.25) is 0 Å². The molecule has 8 rings (SSSR count). The Labute approximate surface area is 423 Å². The van der Waals surface area contributed by atoms with Gasteiger partial charge in [-0.25, -0.2) is 14.4 Å². The van der Waals surface area contributed by atoms with Crippen molar-refractivity contribution < 1.29 is 57.0 Å². The first-order valence-electron chi connectivity index (χ1n) is 25.7. The van der Waals surface area contributed by atoms with E-state index < -0.39 is 17.9 Å². The predicted octanol–water partition coefficient (Wildman–Crippen LogP) is 11.8. The zero-order valence-corrected chi connectivity index (χ0v) is 41.6. The molecule has 4 atom stereocenters. The van der Waals surface area contributed by atoms with Crippen LogP contribution in [0.1, 0.15) is 115 Å². The van der Waals surface area contributed by atoms with Crippen LogP contribution in [0.4, 0.5) is 0 Å². The normalized spacial score (nSPS) is 18.1. The predicted molar refractivity (Wildman–Crippen MR) is 274 cm³/mol. The Morgan fingerprint density at radius 3 is 1.78 bits per heavy atom. The van der Waals surface area contributed by atoms with Crippen LogP contribution in [0.3, 0.4) is 0 Å². The van der Waals surface area contributed by atoms with Crippen LogP contribution in [0.25, 0.3) is 6.08 Å². The van der Waals surface area contributed by atoms with Crippen LogP contribution in [0, 0.1) is 11.3 Å². The minimum atomic E-state index is -0.528. The first-order valence-corrected chi connectivity index (χ1v) is 25.7. The number of carbonyl (C=O) groups excluding carboxylic acids is 3. The number of benzene rings is 5. The first-order chi connectivity index (χ1) is 35.2. The van der Waals surface area contributed by atoms with Gasteiger partial charge in [0.05, 0.1) is 56.4 Å². The molecule has 3 fully saturated rings. The summed E-state index contributed by atoms with van der Waals surface area (Å²) in [5.41, 5.74) is 3.92. The summed E-state index contributed by atoms with van der Waals surface area (Å²) in [6, 6.07) is 35.6. The summed E-state index contributed by atoms with van der Waals surface area (Å²) < 4.78 is 51.2. The number of esters is 3. The van der Waals surface area contributed by atoms with Crippen molar-refractivity contribution >= 4 is 24.0 Å². The Morgan fingerprint density at radius 2 is 1.17 bits per heavy atom. The molecule has 0 spiro atoms. The Hall–Kier alpha value is -6.31. The highest BCUT2D eigenvalue weighted by Gasteiger charge is 2.43. The van der Waals surface area contributed by atoms with E-state index in [4.69, 9.17) is 42.6 Å². The molecule has 12 heteroatoms. The second-order valence-electron chi connectivity index (χ2n) is 19.3. The molecule has 380 valence electrons. The van der Waals surface area contributed by atoms with Crippen molar-refractivity contribution in [1.29, 1.82) is 0 Å². The smallest absolute Gasteiger partial charge is 0.343 e. The summed E-state index contributed by atoms with van der Waals surface area (Å²) in [5.74, 6) is 1.96. The number of hydrogen-bond acceptors (Lipinski definition) is 12. The van der Waals surface area contributed by atoms with Crippen LogP contribution in [-0.2, 0) is 30.2 Å². The lowest BCUT2D eigenvalue weighted by atomic mass is 9.84. The fraction of sp³-hybridized carbons (Fsp3) is 0.417. The van der Waals surface area contributed by atoms with E-state index in [2.05, 4.69) is 13.8 Å². The maximum absolute atomic E-state index is 13.0. The number of ether oxygens (including phenoxy) is 9. The standard InChI is InChI=1S/C60H68O12/c1-3-60(41-66-42-60)40-65-34-8-36-68-50-21-9-44(10-22-50)14-32-57(61)69-52-27-15-47(16-28-52)43(2)37-45-11-23-53(24-12-45)70-59(63)49-19-29-54(30-20-49)71-58(62)48-17-25-51(26-18-48)67-35-7-5-4-6-33-64-39-46-13-31-55-56(38-46)72-55/h9-12,14-30,32,43,46,55-56H,3-8,13,31,33-42H2,1-2H3/b32-14+. The van der Waals surface area contributed by atoms with Gasteiger partial charge in [-0.1, -0.05) is 56.7 Å². The first kappa shape index (κ1) is 52.0. The number of carbonyl (C=O) groups is 3. The molecular weight excluding hydrogens is 913 g/mol. The molecule has 0 aromatic heterocycles. The van der Waals surface area contributed by atoms with Gasteiger partial charge in [-0.15, -0.1) is 0 Å². The highest BCUT2D eigenvalue weighted by atomic mass is 16.6. The van der Waals surface area contributed by atoms with Crippen molar-refractivity contribution in [2.45, 2.75) is 96.2 Å². The largest absolute Gasteiger partial charge is 0.494 e. The summed E-state index contributed by atoms with van der Waals surface area (Å²) in [7, 11) is 0. The third kappa shape index (κ3) is 16.1. The lowest BCUT2D eigenvalue weighted by molar-refractivity contribution is -0.150. The fourth-order valence-corrected chi connectivity index (χ4v) is 8.86. The zero-order chi connectivity index (χ0) is 50.0. The second-order valence-corrected chi connectivity index (χ2v) is 19.3. The van der Waals surface area contributed by atoms with Gasteiger partial charge in [-0.05, 0) is 171 Å². The number of rotatable bonds is 28. The lowest BCUT2D eigenvalue weighted by Crippen LogP contribution is -2.45. The molecule has 72 heavy (non-hydrogen) atoms. The van der Waals surface area contributed by atoms with Crippen LogP contribution in [0.5, 0.6) is 28.7 Å². The summed E-state index contributed by atoms with van der Waals surface area (Å²) in [4.78, 5) is 38.4. The number of epoxide rings is 1. The Kier molecular flexibility index (Phi) is 19.1. The molecule has 2 heterocycles. The van der Waals surface area contributed by atoms with Gasteiger partial charge in [-0.2, -0.15) is 0 Å². The van der Waals surface area contributed by atoms with Gasteiger partial charge in [0, 0.05) is 37.7 Å². The van der Waals surface area contributed by atoms with Crippen molar-refractivity contribution in [2.75, 3.05) is 52.9 Å². The Balaban J connectivity index is 0.676. The molecule has 2 aliphatic heterocycles. The van der Waals surface area contributed by atoms with Crippen LogP contribution < -0.4 is 23.7 Å². The number of fused-ring (bicyclic) bond motifs is 1. The molecule has 4 unspecified atom stereocenters. The summed E-state index contributed by atoms with van der Waals surface area (Å²) in [6.45, 7) is 10.1. The van der Waals surface area contributed by atoms with Crippen molar-refractivity contribution in [3.63, 3.8) is 0 Å². The van der Waals surface area contributed by atoms with Gasteiger partial charge >= 0.3 is 17.9 Å². The number of hydrogen-bond donors (Lipinski definition) is 0. The van der Waals surface area contributed by atoms with E-state index in [-0.39, 0.29) is 11.3 Å². The van der Waals surface area contributed by atoms with Gasteiger partial charge in [-0.3, -0.25) is 0 Å². The molecule has 12 nitrogen and oxygen atoms in total. The molecular formula is C60H68O12. The van der Waals surface area contributed by atoms with Gasteiger partial charge in [0.1, 0.15) is 28.7 Å². The average molecular weight is 981 g/mol. The SMILES string of the molecule is CCC1(COCCCOc2ccc(/C=C/C(=O)Oc3ccc(C(C)Cc4ccc(OC(=O)c5ccc(OC(=O)c6ccc(OCCCCCCOCC7CCC8OC8C7)cc6)cc5)cc4)cc3)cc2)COC1. The lowest BCUT2D eigenvalue weighted by Gasteiger charge is -2.40. The van der Waals surface area contributed by atoms with Gasteiger partial charge in [0.15, 0.2) is 0 Å². The highest BCUT2D eigenvalue weighted by Crippen LogP contribution is 2.39. The van der Waals surface area contributed by atoms with Gasteiger partial charge in [0.25, 0.3) is 0 Å². The molecule has 1 aliphatic carbocycles. The molecule has 0 bridgehead atoms. The third-order valence-corrected chi connectivity index (χ3v) is 13.6. The average Bonchev–Trinajstić information content (AvgIpc) is 4.18. The summed E-state index contributed by atoms with van der Waals surface area (Å²) in [6.07, 6.45) is 14.6. The Bertz CT molecular complexity index is 2490. The van der Waals surface area contributed by atoms with Gasteiger partial charge < -0.3 is 42.6 Å². The van der Waals surface area contributed by atoms with E-state index in [1.54, 1.807) is 78.9 Å². The van der Waals surface area contributed by atoms with Crippen molar-refractivity contribution in [3.05, 3.63) is 155 Å². The quantitative estimate of drug-likeness (QED) is 0.0155. The fourth-order valence-electron chi connectivity index (χ4n) is 8.86. The van der Waals surface area contributed by atoms with E-state index in [9.17, 15) is 14.4 Å². The minimum absolute atomic E-state index is 0.171. The van der Waals surface area contributed by atoms with Crippen LogP contribution in [-0.4, -0.2) is 83.0 Å². The van der Waals surface area contributed by atoms with Crippen molar-refractivity contribution in [3.8, 4) is 28.7 Å². The number of unbranched alkanes of at least 4 members (excludes halogenated alkanes) is 3. The topological polar surface area (TPSA) is 138 Å². The van der Waals surface area contributed by atoms with Crippen LogP contribution in [0.2, 0.25) is 0 Å². The van der Waals surface area contributed by atoms with Crippen LogP contribution in [0.15, 0.2) is 127 Å². The monoisotopic (exact) mass is 980 g/mol. The summed E-state index contributed by atoms with van der Waals surface area (Å²) in [5, 5.41) is 0. The molecule has 2 saturated heterocycles. The molecule has 1 saturated carbocycles. The van der Waals surface area contributed by atoms with Crippen LogP contribution >= 0.6 is 0 Å². The molecule has 0 amide bonds. The Morgan fingerprint density at radius 1 is 0.611 bits per heavy atom. The minimum Gasteiger partial charge on any atom is -0.494 e. The summed E-state index contributed by atoms with van der Waals surface area (Å²) >= 11 is 0. The molecule has 3 aliphatic rings. The zero-order valence-electron chi connectivity index (χ0n) is 41.6. The third-order valence-electron chi connectivity index (χ3n) is 13.6. The van der Waals surface area contributed by atoms with E-state index >= 15 is 0 Å². The van der Waals surface area contributed by atoms with E-state index in [0.717, 1.165) is 107 Å². The molecule has 5 aromatic rings.